The molecule has 0 bridgehead atoms. The molecule has 0 aromatic carbocycles. The van der Waals surface area contributed by atoms with Gasteiger partial charge in [-0.05, 0) is 18.1 Å². The maximum absolute atomic E-state index is 12.5. The molecule has 0 N–H and O–H groups in total. The van der Waals surface area contributed by atoms with Crippen molar-refractivity contribution in [2.24, 2.45) is 5.92 Å². The molecule has 7 nitrogen and oxygen atoms in total. The average molecular weight is 383 g/mol. The molecule has 1 aliphatic rings. The molecule has 1 aromatic rings. The zero-order valence-electron chi connectivity index (χ0n) is 16.2. The van der Waals surface area contributed by atoms with Crippen LogP contribution in [-0.4, -0.2) is 67.8 Å². The third-order valence-corrected chi connectivity index (χ3v) is 6.64. The normalized spacial score (nSPS) is 15.8. The summed E-state index contributed by atoms with van der Waals surface area (Å²) in [6, 6.07) is 3.37. The molecule has 0 unspecified atom stereocenters. The highest BCUT2D eigenvalue weighted by molar-refractivity contribution is 7.89. The van der Waals surface area contributed by atoms with Gasteiger partial charge in [-0.15, -0.1) is 0 Å². The highest BCUT2D eigenvalue weighted by Gasteiger charge is 2.24. The number of pyridine rings is 1. The lowest BCUT2D eigenvalue weighted by atomic mass is 10.1. The number of carbonyl (C=O) groups is 1. The first kappa shape index (κ1) is 20.6. The number of hydrogen-bond acceptors (Lipinski definition) is 5. The summed E-state index contributed by atoms with van der Waals surface area (Å²) in [7, 11) is -3.48. The second-order valence-electron chi connectivity index (χ2n) is 6.91. The van der Waals surface area contributed by atoms with Crippen LogP contribution in [0, 0.1) is 5.92 Å². The third kappa shape index (κ3) is 4.73. The van der Waals surface area contributed by atoms with E-state index in [1.165, 1.54) is 10.5 Å². The van der Waals surface area contributed by atoms with Crippen molar-refractivity contribution in [2.75, 3.05) is 44.2 Å². The largest absolute Gasteiger partial charge is 0.353 e. The van der Waals surface area contributed by atoms with Crippen molar-refractivity contribution in [1.82, 2.24) is 14.2 Å². The van der Waals surface area contributed by atoms with Crippen LogP contribution in [0.5, 0.6) is 0 Å². The lowest BCUT2D eigenvalue weighted by molar-refractivity contribution is -0.132. The minimum atomic E-state index is -3.48. The number of piperazine rings is 1. The van der Waals surface area contributed by atoms with Crippen molar-refractivity contribution in [3.8, 4) is 0 Å². The van der Waals surface area contributed by atoms with E-state index in [9.17, 15) is 13.2 Å². The molecule has 1 saturated heterocycles. The van der Waals surface area contributed by atoms with Crippen molar-refractivity contribution >= 4 is 21.7 Å². The number of aromatic nitrogens is 1. The standard InChI is InChI=1S/C18H30N4O3S/c1-5-22(6-2)26(24,25)16-7-8-17(19-14-16)20-9-11-21(12-10-20)18(23)13-15(3)4/h7-8,14-15H,5-6,9-13H2,1-4H3. The highest BCUT2D eigenvalue weighted by atomic mass is 32.2. The van der Waals surface area contributed by atoms with Crippen molar-refractivity contribution in [1.29, 1.82) is 0 Å². The van der Waals surface area contributed by atoms with Crippen LogP contribution in [0.15, 0.2) is 23.2 Å². The Balaban J connectivity index is 2.01. The Morgan fingerprint density at radius 2 is 1.77 bits per heavy atom. The number of hydrogen-bond donors (Lipinski definition) is 0. The van der Waals surface area contributed by atoms with Gasteiger partial charge < -0.3 is 9.80 Å². The first-order chi connectivity index (χ1) is 12.3. The molecule has 2 heterocycles. The fourth-order valence-electron chi connectivity index (χ4n) is 3.09. The van der Waals surface area contributed by atoms with Gasteiger partial charge in [-0.1, -0.05) is 27.7 Å². The third-order valence-electron chi connectivity index (χ3n) is 4.60. The van der Waals surface area contributed by atoms with E-state index in [1.807, 2.05) is 32.6 Å². The van der Waals surface area contributed by atoms with Gasteiger partial charge >= 0.3 is 0 Å². The molecule has 2 rings (SSSR count). The molecular formula is C18H30N4O3S. The molecule has 1 amide bonds. The van der Waals surface area contributed by atoms with Crippen LogP contribution >= 0.6 is 0 Å². The Bertz CT molecular complexity index is 692. The molecule has 0 radical (unpaired) electrons. The molecular weight excluding hydrogens is 352 g/mol. The molecule has 1 aliphatic heterocycles. The molecule has 26 heavy (non-hydrogen) atoms. The van der Waals surface area contributed by atoms with Crippen molar-refractivity contribution < 1.29 is 13.2 Å². The number of nitrogens with zero attached hydrogens (tertiary/aromatic N) is 4. The fraction of sp³-hybridized carbons (Fsp3) is 0.667. The molecule has 0 saturated carbocycles. The van der Waals surface area contributed by atoms with Gasteiger partial charge in [-0.25, -0.2) is 13.4 Å². The van der Waals surface area contributed by atoms with Gasteiger partial charge in [0.2, 0.25) is 15.9 Å². The SMILES string of the molecule is CCN(CC)S(=O)(=O)c1ccc(N2CCN(C(=O)CC(C)C)CC2)nc1. The average Bonchev–Trinajstić information content (AvgIpc) is 2.62. The summed E-state index contributed by atoms with van der Waals surface area (Å²) in [6.45, 7) is 11.4. The van der Waals surface area contributed by atoms with Crippen LogP contribution in [0.2, 0.25) is 0 Å². The lowest BCUT2D eigenvalue weighted by Crippen LogP contribution is -2.49. The molecule has 0 spiro atoms. The number of anilines is 1. The quantitative estimate of drug-likeness (QED) is 0.719. The van der Waals surface area contributed by atoms with E-state index in [-0.39, 0.29) is 10.8 Å². The maximum Gasteiger partial charge on any atom is 0.244 e. The van der Waals surface area contributed by atoms with Crippen LogP contribution in [0.25, 0.3) is 0 Å². The second-order valence-corrected chi connectivity index (χ2v) is 8.85. The summed E-state index contributed by atoms with van der Waals surface area (Å²) < 4.78 is 26.5. The smallest absolute Gasteiger partial charge is 0.244 e. The van der Waals surface area contributed by atoms with Crippen molar-refractivity contribution in [3.05, 3.63) is 18.3 Å². The molecule has 0 aliphatic carbocycles. The van der Waals surface area contributed by atoms with E-state index >= 15 is 0 Å². The number of amides is 1. The van der Waals surface area contributed by atoms with Gasteiger partial charge in [0, 0.05) is 51.9 Å². The summed E-state index contributed by atoms with van der Waals surface area (Å²) in [6.07, 6.45) is 2.01. The van der Waals surface area contributed by atoms with Crippen LogP contribution in [-0.2, 0) is 14.8 Å². The van der Waals surface area contributed by atoms with Gasteiger partial charge in [0.25, 0.3) is 0 Å². The zero-order valence-corrected chi connectivity index (χ0v) is 17.0. The van der Waals surface area contributed by atoms with Gasteiger partial charge in [-0.3, -0.25) is 4.79 Å². The van der Waals surface area contributed by atoms with Crippen LogP contribution in [0.1, 0.15) is 34.1 Å². The Labute approximate surface area is 157 Å². The van der Waals surface area contributed by atoms with Gasteiger partial charge in [0.05, 0.1) is 0 Å². The van der Waals surface area contributed by atoms with E-state index in [4.69, 9.17) is 0 Å². The predicted molar refractivity (Wildman–Crippen MR) is 103 cm³/mol. The monoisotopic (exact) mass is 382 g/mol. The van der Waals surface area contributed by atoms with Crippen LogP contribution < -0.4 is 4.90 Å². The Hall–Kier alpha value is -1.67. The van der Waals surface area contributed by atoms with E-state index in [2.05, 4.69) is 9.88 Å². The molecule has 146 valence electrons. The summed E-state index contributed by atoms with van der Waals surface area (Å²) >= 11 is 0. The van der Waals surface area contributed by atoms with Crippen molar-refractivity contribution in [2.45, 2.75) is 39.0 Å². The van der Waals surface area contributed by atoms with E-state index in [0.29, 0.717) is 51.6 Å². The first-order valence-electron chi connectivity index (χ1n) is 9.28. The summed E-state index contributed by atoms with van der Waals surface area (Å²) in [4.78, 5) is 20.7. The fourth-order valence-corrected chi connectivity index (χ4v) is 4.49. The highest BCUT2D eigenvalue weighted by Crippen LogP contribution is 2.19. The van der Waals surface area contributed by atoms with Crippen LogP contribution in [0.3, 0.4) is 0 Å². The minimum Gasteiger partial charge on any atom is -0.353 e. The van der Waals surface area contributed by atoms with E-state index in [1.54, 1.807) is 12.1 Å². The first-order valence-corrected chi connectivity index (χ1v) is 10.7. The second kappa shape index (κ2) is 8.81. The maximum atomic E-state index is 12.5. The molecule has 8 heteroatoms. The Morgan fingerprint density at radius 3 is 2.23 bits per heavy atom. The van der Waals surface area contributed by atoms with Crippen LogP contribution in [0.4, 0.5) is 5.82 Å². The summed E-state index contributed by atoms with van der Waals surface area (Å²) in [5.41, 5.74) is 0. The van der Waals surface area contributed by atoms with Gasteiger partial charge in [0.15, 0.2) is 0 Å². The molecule has 1 fully saturated rings. The summed E-state index contributed by atoms with van der Waals surface area (Å²) in [5, 5.41) is 0. The Morgan fingerprint density at radius 1 is 1.15 bits per heavy atom. The lowest BCUT2D eigenvalue weighted by Gasteiger charge is -2.35. The summed E-state index contributed by atoms with van der Waals surface area (Å²) in [5.74, 6) is 1.32. The number of sulfonamides is 1. The van der Waals surface area contributed by atoms with Gasteiger partial charge in [-0.2, -0.15) is 4.31 Å². The van der Waals surface area contributed by atoms with Crippen molar-refractivity contribution in [3.63, 3.8) is 0 Å². The number of rotatable bonds is 7. The van der Waals surface area contributed by atoms with Gasteiger partial charge in [0.1, 0.15) is 10.7 Å². The molecule has 1 aromatic heterocycles. The topological polar surface area (TPSA) is 73.8 Å². The van der Waals surface area contributed by atoms with E-state index in [0.717, 1.165) is 5.82 Å². The number of carbonyl (C=O) groups excluding carboxylic acids is 1. The minimum absolute atomic E-state index is 0.202. The van der Waals surface area contributed by atoms with E-state index < -0.39 is 10.0 Å². The molecule has 0 atom stereocenters. The Kier molecular flexibility index (Phi) is 7.00. The zero-order chi connectivity index (χ0) is 19.3. The predicted octanol–water partition coefficient (Wildman–Crippen LogP) is 1.81.